The van der Waals surface area contributed by atoms with Crippen molar-refractivity contribution in [3.05, 3.63) is 0 Å². The molecule has 0 aromatic heterocycles. The highest BCUT2D eigenvalue weighted by atomic mass is 32.2. The summed E-state index contributed by atoms with van der Waals surface area (Å²) in [5.41, 5.74) is 0. The molecule has 0 fully saturated rings. The van der Waals surface area contributed by atoms with E-state index in [0.29, 0.717) is 39.6 Å². The molecule has 0 saturated carbocycles. The lowest BCUT2D eigenvalue weighted by Gasteiger charge is -2.28. The summed E-state index contributed by atoms with van der Waals surface area (Å²) in [6.07, 6.45) is 2.09. The van der Waals surface area contributed by atoms with E-state index in [1.165, 1.54) is 0 Å². The molecule has 0 amide bonds. The zero-order valence-corrected chi connectivity index (χ0v) is 25.6. The molecule has 0 aliphatic carbocycles. The predicted molar refractivity (Wildman–Crippen MR) is 146 cm³/mol. The van der Waals surface area contributed by atoms with Crippen LogP contribution in [0.1, 0.15) is 54.4 Å². The Morgan fingerprint density at radius 3 is 1.03 bits per heavy atom. The zero-order valence-electron chi connectivity index (χ0n) is 22.0. The van der Waals surface area contributed by atoms with Gasteiger partial charge >= 0.3 is 17.6 Å². The Morgan fingerprint density at radius 2 is 0.758 bits per heavy atom. The van der Waals surface area contributed by atoms with Gasteiger partial charge in [0.25, 0.3) is 0 Å². The molecule has 0 aromatic rings. The van der Waals surface area contributed by atoms with E-state index in [0.717, 1.165) is 61.2 Å². The second kappa shape index (κ2) is 23.3. The Labute approximate surface area is 214 Å². The molecule has 0 radical (unpaired) electrons. The van der Waals surface area contributed by atoms with Crippen LogP contribution in [0.25, 0.3) is 0 Å². The van der Waals surface area contributed by atoms with Crippen molar-refractivity contribution in [2.75, 3.05) is 75.9 Å². The fourth-order valence-corrected chi connectivity index (χ4v) is 10.6. The van der Waals surface area contributed by atoms with Crippen LogP contribution in [0.4, 0.5) is 0 Å². The molecule has 0 atom stereocenters. The standard InChI is InChI=1S/C22H50O7S2Si2/c1-7-24-32(25-8-2,26-9-3)21-13-17-30-19-15-23-16-20-31-18-14-22-33(27-10-4,28-11-5)29-12-6/h7-22H2,1-6H3. The fraction of sp³-hybridized carbons (Fsp3) is 1.00. The van der Waals surface area contributed by atoms with Crippen LogP contribution in [-0.4, -0.2) is 93.5 Å². The molecule has 0 N–H and O–H groups in total. The molecule has 7 nitrogen and oxygen atoms in total. The van der Waals surface area contributed by atoms with E-state index in [4.69, 9.17) is 31.3 Å². The summed E-state index contributed by atoms with van der Waals surface area (Å²) < 4.78 is 41.2. The first-order chi connectivity index (χ1) is 16.1. The molecule has 0 unspecified atom stereocenters. The third-order valence-corrected chi connectivity index (χ3v) is 12.8. The summed E-state index contributed by atoms with van der Waals surface area (Å²) >= 11 is 3.85. The molecule has 0 heterocycles. The van der Waals surface area contributed by atoms with Crippen molar-refractivity contribution in [2.24, 2.45) is 0 Å². The Morgan fingerprint density at radius 1 is 0.455 bits per heavy atom. The highest BCUT2D eigenvalue weighted by molar-refractivity contribution is 7.99. The highest BCUT2D eigenvalue weighted by Crippen LogP contribution is 2.21. The largest absolute Gasteiger partial charge is 0.500 e. The number of thioether (sulfide) groups is 2. The van der Waals surface area contributed by atoms with Crippen LogP contribution in [0, 0.1) is 0 Å². The molecule has 11 heteroatoms. The van der Waals surface area contributed by atoms with E-state index in [1.807, 2.05) is 65.1 Å². The number of hydrogen-bond donors (Lipinski definition) is 0. The van der Waals surface area contributed by atoms with Gasteiger partial charge in [0.1, 0.15) is 0 Å². The third kappa shape index (κ3) is 17.0. The molecular formula is C22H50O7S2Si2. The molecule has 0 rings (SSSR count). The molecule has 0 saturated heterocycles. The summed E-state index contributed by atoms with van der Waals surface area (Å²) in [5.74, 6) is 4.18. The first-order valence-corrected chi connectivity index (χ1v) is 18.8. The summed E-state index contributed by atoms with van der Waals surface area (Å²) in [6, 6.07) is 1.76. The third-order valence-electron chi connectivity index (χ3n) is 4.47. The minimum atomic E-state index is -2.49. The molecular weight excluding hydrogens is 497 g/mol. The van der Waals surface area contributed by atoms with Crippen molar-refractivity contribution in [2.45, 2.75) is 66.5 Å². The van der Waals surface area contributed by atoms with Crippen LogP contribution in [0.2, 0.25) is 12.1 Å². The van der Waals surface area contributed by atoms with E-state index in [1.54, 1.807) is 0 Å². The minimum absolute atomic E-state index is 0.638. The second-order valence-corrected chi connectivity index (χ2v) is 14.9. The lowest BCUT2D eigenvalue weighted by atomic mass is 10.6. The van der Waals surface area contributed by atoms with Crippen LogP contribution in [0.3, 0.4) is 0 Å². The second-order valence-electron chi connectivity index (χ2n) is 7.01. The topological polar surface area (TPSA) is 64.6 Å². The van der Waals surface area contributed by atoms with Gasteiger partial charge in [-0.25, -0.2) is 0 Å². The average Bonchev–Trinajstić information content (AvgIpc) is 2.78. The molecule has 0 spiro atoms. The normalized spacial score (nSPS) is 12.5. The molecule has 33 heavy (non-hydrogen) atoms. The van der Waals surface area contributed by atoms with Crippen molar-refractivity contribution in [3.63, 3.8) is 0 Å². The zero-order chi connectivity index (χ0) is 24.7. The van der Waals surface area contributed by atoms with Crippen molar-refractivity contribution in [3.8, 4) is 0 Å². The average molecular weight is 547 g/mol. The SMILES string of the molecule is CCO[Si](CCCSCCOCCSCCC[Si](OCC)(OCC)OCC)(OCC)OCC. The van der Waals surface area contributed by atoms with Gasteiger partial charge in [-0.2, -0.15) is 23.5 Å². The highest BCUT2D eigenvalue weighted by Gasteiger charge is 2.40. The Kier molecular flexibility index (Phi) is 23.9. The van der Waals surface area contributed by atoms with Gasteiger partial charge in [0.05, 0.1) is 13.2 Å². The summed E-state index contributed by atoms with van der Waals surface area (Å²) in [4.78, 5) is 0. The van der Waals surface area contributed by atoms with Gasteiger partial charge in [-0.05, 0) is 65.9 Å². The number of ether oxygens (including phenoxy) is 1. The molecule has 0 aromatic carbocycles. The van der Waals surface area contributed by atoms with Crippen molar-refractivity contribution in [1.29, 1.82) is 0 Å². The van der Waals surface area contributed by atoms with Gasteiger partial charge < -0.3 is 31.3 Å². The van der Waals surface area contributed by atoms with Gasteiger partial charge in [0, 0.05) is 63.2 Å². The molecule has 0 aliphatic rings. The monoisotopic (exact) mass is 546 g/mol. The predicted octanol–water partition coefficient (Wildman–Crippen LogP) is 5.35. The Bertz CT molecular complexity index is 356. The minimum Gasteiger partial charge on any atom is -0.380 e. The van der Waals surface area contributed by atoms with Crippen LogP contribution < -0.4 is 0 Å². The van der Waals surface area contributed by atoms with Crippen LogP contribution in [0.15, 0.2) is 0 Å². The smallest absolute Gasteiger partial charge is 0.380 e. The van der Waals surface area contributed by atoms with E-state index in [2.05, 4.69) is 0 Å². The summed E-state index contributed by atoms with van der Waals surface area (Å²) in [5, 5.41) is 0. The first-order valence-electron chi connectivity index (χ1n) is 12.6. The number of hydrogen-bond acceptors (Lipinski definition) is 9. The summed E-state index contributed by atoms with van der Waals surface area (Å²) in [6.45, 7) is 17.4. The maximum absolute atomic E-state index is 5.90. The van der Waals surface area contributed by atoms with Gasteiger partial charge in [0.2, 0.25) is 0 Å². The van der Waals surface area contributed by atoms with E-state index < -0.39 is 17.6 Å². The van der Waals surface area contributed by atoms with Gasteiger partial charge in [-0.1, -0.05) is 0 Å². The first kappa shape index (κ1) is 33.9. The number of rotatable bonds is 26. The lowest BCUT2D eigenvalue weighted by Crippen LogP contribution is -2.46. The molecule has 200 valence electrons. The van der Waals surface area contributed by atoms with E-state index >= 15 is 0 Å². The maximum Gasteiger partial charge on any atom is 0.500 e. The van der Waals surface area contributed by atoms with Crippen LogP contribution in [0.5, 0.6) is 0 Å². The van der Waals surface area contributed by atoms with E-state index in [-0.39, 0.29) is 0 Å². The fourth-order valence-electron chi connectivity index (χ4n) is 3.33. The van der Waals surface area contributed by atoms with E-state index in [9.17, 15) is 0 Å². The Balaban J connectivity index is 3.79. The van der Waals surface area contributed by atoms with Crippen LogP contribution in [-0.2, 0) is 31.3 Å². The lowest BCUT2D eigenvalue weighted by molar-refractivity contribution is 0.0704. The van der Waals surface area contributed by atoms with Gasteiger partial charge in [0.15, 0.2) is 0 Å². The van der Waals surface area contributed by atoms with Gasteiger partial charge in [-0.3, -0.25) is 0 Å². The maximum atomic E-state index is 5.90. The van der Waals surface area contributed by atoms with Crippen molar-refractivity contribution >= 4 is 41.1 Å². The van der Waals surface area contributed by atoms with Gasteiger partial charge in [-0.15, -0.1) is 0 Å². The Hall–Kier alpha value is 0.854. The van der Waals surface area contributed by atoms with Crippen LogP contribution >= 0.6 is 23.5 Å². The molecule has 0 bridgehead atoms. The van der Waals surface area contributed by atoms with Crippen molar-refractivity contribution < 1.29 is 31.3 Å². The molecule has 0 aliphatic heterocycles. The van der Waals surface area contributed by atoms with Crippen molar-refractivity contribution in [1.82, 2.24) is 0 Å². The quantitative estimate of drug-likeness (QED) is 0.106. The summed E-state index contributed by atoms with van der Waals surface area (Å²) in [7, 11) is -4.98.